The number of anilines is 1. The highest BCUT2D eigenvalue weighted by Gasteiger charge is 2.21. The summed E-state index contributed by atoms with van der Waals surface area (Å²) in [6.07, 6.45) is 0. The number of nitrogens with zero attached hydrogens (tertiary/aromatic N) is 3. The minimum absolute atomic E-state index is 0.190. The van der Waals surface area contributed by atoms with Crippen LogP contribution in [0.5, 0.6) is 0 Å². The minimum Gasteiger partial charge on any atom is -0.383 e. The summed E-state index contributed by atoms with van der Waals surface area (Å²) in [6, 6.07) is 30.4. The van der Waals surface area contributed by atoms with E-state index >= 15 is 0 Å². The number of amides is 2. The molecule has 2 amide bonds. The van der Waals surface area contributed by atoms with E-state index in [1.807, 2.05) is 66.7 Å². The molecule has 1 aromatic heterocycles. The van der Waals surface area contributed by atoms with Crippen LogP contribution in [0.4, 0.5) is 10.2 Å². The molecule has 0 fully saturated rings. The molecular formula is C31H27FN4O3. The summed E-state index contributed by atoms with van der Waals surface area (Å²) < 4.78 is 20.3. The highest BCUT2D eigenvalue weighted by molar-refractivity contribution is 6.01. The fraction of sp³-hybridized carbons (Fsp3) is 0.129. The molecule has 39 heavy (non-hydrogen) atoms. The van der Waals surface area contributed by atoms with E-state index in [0.717, 1.165) is 16.3 Å². The Kier molecular flexibility index (Phi) is 7.75. The van der Waals surface area contributed by atoms with Crippen LogP contribution >= 0.6 is 0 Å². The first-order valence-electron chi connectivity index (χ1n) is 12.5. The quantitative estimate of drug-likeness (QED) is 0.275. The molecule has 1 heterocycles. The number of hydrogen-bond donors (Lipinski definition) is 1. The number of methoxy groups -OCH3 is 1. The van der Waals surface area contributed by atoms with Gasteiger partial charge in [-0.2, -0.15) is 5.10 Å². The SMILES string of the molecule is COCCN(CC(=O)Nc1cc(-c2ccccc2)nn1-c1ccc(F)cc1)C(=O)c1ccc2ccccc2c1. The van der Waals surface area contributed by atoms with Gasteiger partial charge in [0.15, 0.2) is 0 Å². The molecule has 0 aliphatic rings. The van der Waals surface area contributed by atoms with E-state index in [2.05, 4.69) is 10.4 Å². The van der Waals surface area contributed by atoms with Gasteiger partial charge < -0.3 is 15.0 Å². The third-order valence-electron chi connectivity index (χ3n) is 6.30. The molecule has 4 aromatic carbocycles. The van der Waals surface area contributed by atoms with Crippen molar-refractivity contribution in [1.82, 2.24) is 14.7 Å². The van der Waals surface area contributed by atoms with Gasteiger partial charge in [0.05, 0.1) is 18.0 Å². The maximum absolute atomic E-state index is 13.6. The summed E-state index contributed by atoms with van der Waals surface area (Å²) in [5.41, 5.74) is 2.57. The Hall–Kier alpha value is -4.82. The fourth-order valence-electron chi connectivity index (χ4n) is 4.31. The molecule has 0 unspecified atom stereocenters. The standard InChI is InChI=1S/C31H27FN4O3/c1-39-18-17-35(31(38)25-12-11-22-7-5-6-10-24(22)19-25)21-30(37)33-29-20-28(23-8-3-2-4-9-23)34-36(29)27-15-13-26(32)14-16-27/h2-16,19-20H,17-18,21H2,1H3,(H,33,37). The third kappa shape index (κ3) is 6.02. The van der Waals surface area contributed by atoms with E-state index in [4.69, 9.17) is 4.74 Å². The number of hydrogen-bond acceptors (Lipinski definition) is 4. The van der Waals surface area contributed by atoms with Gasteiger partial charge in [-0.05, 0) is 47.2 Å². The van der Waals surface area contributed by atoms with Crippen LogP contribution in [0, 0.1) is 5.82 Å². The zero-order valence-corrected chi connectivity index (χ0v) is 21.4. The lowest BCUT2D eigenvalue weighted by Crippen LogP contribution is -2.40. The summed E-state index contributed by atoms with van der Waals surface area (Å²) in [6.45, 7) is 0.324. The normalized spacial score (nSPS) is 10.9. The van der Waals surface area contributed by atoms with Gasteiger partial charge in [0.1, 0.15) is 18.2 Å². The summed E-state index contributed by atoms with van der Waals surface area (Å²) in [5, 5.41) is 9.51. The van der Waals surface area contributed by atoms with E-state index in [1.165, 1.54) is 17.0 Å². The number of carbonyl (C=O) groups excluding carboxylic acids is 2. The molecule has 196 valence electrons. The first-order chi connectivity index (χ1) is 19.0. The summed E-state index contributed by atoms with van der Waals surface area (Å²) in [7, 11) is 1.55. The predicted octanol–water partition coefficient (Wildman–Crippen LogP) is 5.56. The van der Waals surface area contributed by atoms with Crippen LogP contribution in [0.2, 0.25) is 0 Å². The van der Waals surface area contributed by atoms with Gasteiger partial charge in [0.25, 0.3) is 5.91 Å². The number of rotatable bonds is 9. The average Bonchev–Trinajstić information content (AvgIpc) is 3.39. The second-order valence-electron chi connectivity index (χ2n) is 9.00. The van der Waals surface area contributed by atoms with Gasteiger partial charge >= 0.3 is 0 Å². The Morgan fingerprint density at radius 2 is 1.62 bits per heavy atom. The van der Waals surface area contributed by atoms with Crippen molar-refractivity contribution in [1.29, 1.82) is 0 Å². The second kappa shape index (κ2) is 11.7. The Labute approximate surface area is 225 Å². The first-order valence-corrected chi connectivity index (χ1v) is 12.5. The van der Waals surface area contributed by atoms with Gasteiger partial charge in [0, 0.05) is 30.8 Å². The molecule has 0 saturated carbocycles. The molecule has 7 nitrogen and oxygen atoms in total. The van der Waals surface area contributed by atoms with Crippen molar-refractivity contribution in [3.05, 3.63) is 115 Å². The van der Waals surface area contributed by atoms with E-state index in [-0.39, 0.29) is 31.4 Å². The predicted molar refractivity (Wildman–Crippen MR) is 149 cm³/mol. The molecule has 0 radical (unpaired) electrons. The molecule has 0 bridgehead atoms. The van der Waals surface area contributed by atoms with E-state index in [9.17, 15) is 14.0 Å². The van der Waals surface area contributed by atoms with Crippen LogP contribution in [0.3, 0.4) is 0 Å². The van der Waals surface area contributed by atoms with Crippen LogP contribution in [-0.4, -0.2) is 53.3 Å². The van der Waals surface area contributed by atoms with Crippen molar-refractivity contribution in [2.45, 2.75) is 0 Å². The number of carbonyl (C=O) groups is 2. The molecule has 0 spiro atoms. The van der Waals surface area contributed by atoms with E-state index in [0.29, 0.717) is 22.8 Å². The van der Waals surface area contributed by atoms with E-state index in [1.54, 1.807) is 36.1 Å². The van der Waals surface area contributed by atoms with Crippen LogP contribution in [0.25, 0.3) is 27.7 Å². The van der Waals surface area contributed by atoms with Gasteiger partial charge in [-0.1, -0.05) is 60.7 Å². The van der Waals surface area contributed by atoms with E-state index < -0.39 is 5.91 Å². The lowest BCUT2D eigenvalue weighted by Gasteiger charge is -2.22. The Morgan fingerprint density at radius 3 is 2.36 bits per heavy atom. The molecule has 0 aliphatic heterocycles. The minimum atomic E-state index is -0.400. The van der Waals surface area contributed by atoms with Gasteiger partial charge in [-0.3, -0.25) is 9.59 Å². The van der Waals surface area contributed by atoms with Gasteiger partial charge in [-0.25, -0.2) is 9.07 Å². The Balaban J connectivity index is 1.40. The van der Waals surface area contributed by atoms with Crippen molar-refractivity contribution >= 4 is 28.4 Å². The zero-order chi connectivity index (χ0) is 27.2. The summed E-state index contributed by atoms with van der Waals surface area (Å²) >= 11 is 0. The van der Waals surface area contributed by atoms with Crippen molar-refractivity contribution in [2.24, 2.45) is 0 Å². The summed E-state index contributed by atoms with van der Waals surface area (Å²) in [5.74, 6) is -0.649. The highest BCUT2D eigenvalue weighted by atomic mass is 19.1. The molecule has 0 saturated heterocycles. The van der Waals surface area contributed by atoms with Crippen molar-refractivity contribution in [3.8, 4) is 16.9 Å². The topological polar surface area (TPSA) is 76.5 Å². The Morgan fingerprint density at radius 1 is 0.897 bits per heavy atom. The smallest absolute Gasteiger partial charge is 0.254 e. The molecule has 1 N–H and O–H groups in total. The lowest BCUT2D eigenvalue weighted by atomic mass is 10.1. The number of nitrogens with one attached hydrogen (secondary N) is 1. The van der Waals surface area contributed by atoms with Crippen LogP contribution in [-0.2, 0) is 9.53 Å². The van der Waals surface area contributed by atoms with Crippen molar-refractivity contribution in [2.75, 3.05) is 32.1 Å². The summed E-state index contributed by atoms with van der Waals surface area (Å²) in [4.78, 5) is 28.2. The lowest BCUT2D eigenvalue weighted by molar-refractivity contribution is -0.117. The van der Waals surface area contributed by atoms with Gasteiger partial charge in [-0.15, -0.1) is 0 Å². The molecule has 8 heteroatoms. The molecule has 5 rings (SSSR count). The monoisotopic (exact) mass is 522 g/mol. The van der Waals surface area contributed by atoms with Crippen LogP contribution in [0.15, 0.2) is 103 Å². The first kappa shape index (κ1) is 25.8. The van der Waals surface area contributed by atoms with Crippen molar-refractivity contribution < 1.29 is 18.7 Å². The molecular weight excluding hydrogens is 495 g/mol. The number of benzene rings is 4. The number of aromatic nitrogens is 2. The molecule has 0 atom stereocenters. The number of ether oxygens (including phenoxy) is 1. The second-order valence-corrected chi connectivity index (χ2v) is 9.00. The highest BCUT2D eigenvalue weighted by Crippen LogP contribution is 2.25. The third-order valence-corrected chi connectivity index (χ3v) is 6.30. The maximum atomic E-state index is 13.6. The van der Waals surface area contributed by atoms with Gasteiger partial charge in [0.2, 0.25) is 5.91 Å². The van der Waals surface area contributed by atoms with Crippen LogP contribution in [0.1, 0.15) is 10.4 Å². The molecule has 0 aliphatic carbocycles. The maximum Gasteiger partial charge on any atom is 0.254 e. The zero-order valence-electron chi connectivity index (χ0n) is 21.4. The number of fused-ring (bicyclic) bond motifs is 1. The fourth-order valence-corrected chi connectivity index (χ4v) is 4.31. The largest absolute Gasteiger partial charge is 0.383 e. The number of halogens is 1. The van der Waals surface area contributed by atoms with Crippen LogP contribution < -0.4 is 5.32 Å². The molecule has 5 aromatic rings. The van der Waals surface area contributed by atoms with Crippen molar-refractivity contribution in [3.63, 3.8) is 0 Å². The Bertz CT molecular complexity index is 1600. The average molecular weight is 523 g/mol.